The number of hydrogen-bond donors (Lipinski definition) is 13. The van der Waals surface area contributed by atoms with Crippen molar-refractivity contribution in [1.82, 2.24) is 0 Å². The van der Waals surface area contributed by atoms with Gasteiger partial charge >= 0.3 is 0 Å². The van der Waals surface area contributed by atoms with Crippen LogP contribution in [0.3, 0.4) is 0 Å². The standard InChI is InChI=1S/C50H94O20/c1-32(21-43(12,56)67-31-42(11)49(18,62)50(19,63)47(16,60)39(8,25-54)70-42)20-33(2,22-51)68-40(9,44(32,13)57)29-65-27-35(4)38(7,24-53)69-41(10,48(17,61)46(35,15)59)30-64-26-34(3)37(6,23-52)66-28-36(5,55)45(34,14)58/h51-63H,20-31H2,1-19H3/t32-,33?,34+,35+,36?,37?,38?,39?,40+,41+,42+,43?,44?,45+,46+,47+,48?,49?,50+/m0/s1. The smallest absolute Gasteiger partial charge is 0.163 e. The number of hydrogen-bond acceptors (Lipinski definition) is 20. The summed E-state index contributed by atoms with van der Waals surface area (Å²) in [5, 5.41) is 151. The highest BCUT2D eigenvalue weighted by Crippen LogP contribution is 2.61. The molecule has 414 valence electrons. The van der Waals surface area contributed by atoms with E-state index in [0.29, 0.717) is 0 Å². The maximum absolute atomic E-state index is 12.8. The third-order valence-corrected chi connectivity index (χ3v) is 20.6. The van der Waals surface area contributed by atoms with Crippen molar-refractivity contribution in [3.63, 3.8) is 0 Å². The Balaban J connectivity index is 1.62. The zero-order chi connectivity index (χ0) is 54.9. The molecule has 20 nitrogen and oxygen atoms in total. The van der Waals surface area contributed by atoms with E-state index in [2.05, 4.69) is 0 Å². The van der Waals surface area contributed by atoms with Gasteiger partial charge in [0.15, 0.2) is 5.79 Å². The topological polar surface area (TPSA) is 328 Å². The number of aliphatic hydroxyl groups is 13. The molecule has 0 bridgehead atoms. The van der Waals surface area contributed by atoms with Gasteiger partial charge in [-0.3, -0.25) is 0 Å². The van der Waals surface area contributed by atoms with Crippen LogP contribution >= 0.6 is 0 Å². The van der Waals surface area contributed by atoms with Crippen molar-refractivity contribution in [2.24, 2.45) is 16.2 Å². The fourth-order valence-electron chi connectivity index (χ4n) is 12.5. The summed E-state index contributed by atoms with van der Waals surface area (Å²) in [4.78, 5) is 0. The summed E-state index contributed by atoms with van der Waals surface area (Å²) in [7, 11) is 0. The summed E-state index contributed by atoms with van der Waals surface area (Å²) < 4.78 is 44.1. The van der Waals surface area contributed by atoms with Crippen LogP contribution in [0.25, 0.3) is 0 Å². The predicted octanol–water partition coefficient (Wildman–Crippen LogP) is -0.0473. The van der Waals surface area contributed by atoms with E-state index in [-0.39, 0.29) is 26.1 Å². The first-order valence-electron chi connectivity index (χ1n) is 24.3. The molecule has 4 saturated heterocycles. The normalized spacial score (nSPS) is 56.4. The number of aliphatic hydroxyl groups excluding tert-OH is 4. The first-order chi connectivity index (χ1) is 30.9. The Hall–Kier alpha value is -0.800. The molecule has 19 atom stereocenters. The van der Waals surface area contributed by atoms with Gasteiger partial charge in [-0.25, -0.2) is 0 Å². The molecule has 70 heavy (non-hydrogen) atoms. The van der Waals surface area contributed by atoms with E-state index in [0.717, 1.165) is 0 Å². The van der Waals surface area contributed by atoms with Crippen LogP contribution in [-0.4, -0.2) is 222 Å². The van der Waals surface area contributed by atoms with Crippen LogP contribution in [0, 0.1) is 16.2 Å². The molecule has 0 aromatic rings. The van der Waals surface area contributed by atoms with Gasteiger partial charge in [0.1, 0.15) is 61.6 Å². The van der Waals surface area contributed by atoms with Gasteiger partial charge in [-0.1, -0.05) is 20.8 Å². The highest BCUT2D eigenvalue weighted by molar-refractivity contribution is 5.25. The monoisotopic (exact) mass is 1010 g/mol. The van der Waals surface area contributed by atoms with E-state index < -0.39 is 159 Å². The van der Waals surface area contributed by atoms with Crippen LogP contribution < -0.4 is 0 Å². The van der Waals surface area contributed by atoms with Crippen LogP contribution in [0.15, 0.2) is 0 Å². The summed E-state index contributed by atoms with van der Waals surface area (Å²) in [6.07, 6.45) is -0.349. The number of ether oxygens (including phenoxy) is 7. The average molecular weight is 1020 g/mol. The second-order valence-corrected chi connectivity index (χ2v) is 25.9. The van der Waals surface area contributed by atoms with Gasteiger partial charge in [0, 0.05) is 11.8 Å². The third kappa shape index (κ3) is 8.31. The average Bonchev–Trinajstić information content (AvgIpc) is 3.21. The summed E-state index contributed by atoms with van der Waals surface area (Å²) >= 11 is 0. The summed E-state index contributed by atoms with van der Waals surface area (Å²) in [6, 6.07) is 0. The lowest BCUT2D eigenvalue weighted by Gasteiger charge is -2.68. The molecule has 4 aliphatic rings. The molecule has 4 heterocycles. The lowest BCUT2D eigenvalue weighted by Crippen LogP contribution is -2.85. The fourth-order valence-corrected chi connectivity index (χ4v) is 12.5. The van der Waals surface area contributed by atoms with Crippen LogP contribution in [-0.2, 0) is 33.2 Å². The molecular weight excluding hydrogens is 921 g/mol. The highest BCUT2D eigenvalue weighted by Gasteiger charge is 2.76. The van der Waals surface area contributed by atoms with Gasteiger partial charge in [0.2, 0.25) is 0 Å². The van der Waals surface area contributed by atoms with Gasteiger partial charge in [-0.05, 0) is 117 Å². The van der Waals surface area contributed by atoms with Gasteiger partial charge in [-0.15, -0.1) is 0 Å². The Labute approximate surface area is 415 Å². The summed E-state index contributed by atoms with van der Waals surface area (Å²) in [5.41, 5.74) is -32.6. The van der Waals surface area contributed by atoms with Crippen molar-refractivity contribution >= 4 is 0 Å². The van der Waals surface area contributed by atoms with Crippen LogP contribution in [0.5, 0.6) is 0 Å². The first kappa shape index (κ1) is 61.7. The van der Waals surface area contributed by atoms with Crippen molar-refractivity contribution in [2.45, 2.75) is 234 Å². The largest absolute Gasteiger partial charge is 0.393 e. The van der Waals surface area contributed by atoms with Gasteiger partial charge in [0.25, 0.3) is 0 Å². The van der Waals surface area contributed by atoms with E-state index in [1.54, 1.807) is 48.5 Å². The quantitative estimate of drug-likeness (QED) is 0.0850. The zero-order valence-corrected chi connectivity index (χ0v) is 45.7. The van der Waals surface area contributed by atoms with Gasteiger partial charge in [0.05, 0.1) is 99.3 Å². The minimum Gasteiger partial charge on any atom is -0.393 e. The Morgan fingerprint density at radius 1 is 0.414 bits per heavy atom. The van der Waals surface area contributed by atoms with Crippen molar-refractivity contribution in [1.29, 1.82) is 0 Å². The van der Waals surface area contributed by atoms with E-state index in [1.165, 1.54) is 83.1 Å². The maximum Gasteiger partial charge on any atom is 0.163 e. The van der Waals surface area contributed by atoms with Crippen molar-refractivity contribution in [3.05, 3.63) is 0 Å². The molecule has 9 unspecified atom stereocenters. The second kappa shape index (κ2) is 17.6. The Kier molecular flexibility index (Phi) is 15.5. The van der Waals surface area contributed by atoms with Crippen LogP contribution in [0.1, 0.15) is 144 Å². The Bertz CT molecular complexity index is 1900. The first-order valence-corrected chi connectivity index (χ1v) is 24.3. The highest BCUT2D eigenvalue weighted by atomic mass is 16.7. The van der Waals surface area contributed by atoms with E-state index in [9.17, 15) is 66.4 Å². The van der Waals surface area contributed by atoms with Crippen LogP contribution in [0.2, 0.25) is 0 Å². The van der Waals surface area contributed by atoms with Crippen molar-refractivity contribution < 1.29 is 99.5 Å². The van der Waals surface area contributed by atoms with Crippen molar-refractivity contribution in [2.75, 3.05) is 66.1 Å². The molecule has 4 rings (SSSR count). The molecule has 4 aliphatic heterocycles. The zero-order valence-electron chi connectivity index (χ0n) is 45.7. The molecular formula is C50H94O20. The fraction of sp³-hybridized carbons (Fsp3) is 1.00. The molecule has 0 radical (unpaired) electrons. The molecule has 20 heteroatoms. The van der Waals surface area contributed by atoms with E-state index >= 15 is 0 Å². The molecule has 0 aromatic carbocycles. The molecule has 0 spiro atoms. The molecule has 0 aliphatic carbocycles. The minimum absolute atomic E-state index is 0.0289. The van der Waals surface area contributed by atoms with Crippen LogP contribution in [0.4, 0.5) is 0 Å². The maximum atomic E-state index is 12.8. The third-order valence-electron chi connectivity index (χ3n) is 20.6. The Morgan fingerprint density at radius 2 is 0.800 bits per heavy atom. The molecule has 0 aromatic heterocycles. The second-order valence-electron chi connectivity index (χ2n) is 25.9. The molecule has 0 amide bonds. The summed E-state index contributed by atoms with van der Waals surface area (Å²) in [6.45, 7) is 22.7. The molecule has 0 saturated carbocycles. The lowest BCUT2D eigenvalue weighted by atomic mass is 9.52. The molecule has 13 N–H and O–H groups in total. The predicted molar refractivity (Wildman–Crippen MR) is 253 cm³/mol. The lowest BCUT2D eigenvalue weighted by molar-refractivity contribution is -0.414. The van der Waals surface area contributed by atoms with E-state index in [4.69, 9.17) is 33.2 Å². The summed E-state index contributed by atoms with van der Waals surface area (Å²) in [5.74, 6) is -2.12. The SMILES string of the molecule is CC(O)(C[C@]1(C)CC(C)(CO)O[C@](C)(COC[C@]2(C)C(C)(CO)O[C@](C)(COC[C@]3(C)C(C)(CO)OCC(C)(O)[C@]3(C)O)C(C)(O)[C@]2(C)O)C1(C)O)OC[C@@]1(C)OC(C)(CO)[C@@](C)(O)[C@@](C)(O)C1(C)O. The van der Waals surface area contributed by atoms with Crippen molar-refractivity contribution in [3.8, 4) is 0 Å². The minimum atomic E-state index is -2.28. The van der Waals surface area contributed by atoms with Gasteiger partial charge < -0.3 is 99.5 Å². The van der Waals surface area contributed by atoms with Gasteiger partial charge in [-0.2, -0.15) is 0 Å². The Morgan fingerprint density at radius 3 is 1.24 bits per heavy atom. The van der Waals surface area contributed by atoms with E-state index in [1.807, 2.05) is 0 Å². The molecule has 4 fully saturated rings. The number of rotatable bonds is 17.